The van der Waals surface area contributed by atoms with Crippen LogP contribution in [0.2, 0.25) is 0 Å². The molecule has 3 aromatic rings. The van der Waals surface area contributed by atoms with Gasteiger partial charge in [0.25, 0.3) is 0 Å². The molecule has 0 unspecified atom stereocenters. The Hall–Kier alpha value is -3.87. The molecule has 0 spiro atoms. The predicted octanol–water partition coefficient (Wildman–Crippen LogP) is 5.00. The van der Waals surface area contributed by atoms with Crippen LogP contribution in [0.3, 0.4) is 0 Å². The Bertz CT molecular complexity index is 1050. The van der Waals surface area contributed by atoms with Crippen molar-refractivity contribution in [2.75, 3.05) is 7.11 Å². The van der Waals surface area contributed by atoms with Gasteiger partial charge in [-0.2, -0.15) is 13.9 Å². The highest BCUT2D eigenvalue weighted by Gasteiger charge is 2.16. The molecule has 0 aliphatic rings. The van der Waals surface area contributed by atoms with Crippen molar-refractivity contribution in [2.45, 2.75) is 6.61 Å². The number of hydrogen-bond acceptors (Lipinski definition) is 5. The molecule has 0 radical (unpaired) electrons. The normalized spacial score (nSPS) is 11.7. The number of alkyl halides is 2. The predicted molar refractivity (Wildman–Crippen MR) is 111 cm³/mol. The molecule has 0 heterocycles. The van der Waals surface area contributed by atoms with Gasteiger partial charge in [0.1, 0.15) is 5.71 Å². The summed E-state index contributed by atoms with van der Waals surface area (Å²) in [6.45, 7) is -2.96. The van der Waals surface area contributed by atoms with E-state index in [4.69, 9.17) is 4.74 Å². The topological polar surface area (TPSA) is 60.2 Å². The summed E-state index contributed by atoms with van der Waals surface area (Å²) in [5.74, 6) is -0.221. The van der Waals surface area contributed by atoms with Crippen molar-refractivity contribution in [3.63, 3.8) is 0 Å². The smallest absolute Gasteiger partial charge is 0.387 e. The minimum atomic E-state index is -2.96. The molecule has 30 heavy (non-hydrogen) atoms. The Balaban J connectivity index is 1.91. The molecule has 3 aromatic carbocycles. The molecular weight excluding hydrogens is 390 g/mol. The number of Topliss-reactive ketones (excluding diaryl/α,β-unsaturated/α-hetero) is 1. The van der Waals surface area contributed by atoms with Crippen molar-refractivity contribution in [1.29, 1.82) is 0 Å². The SMILES string of the molecule is COc1cc(C=NN=C(C(=O)c2ccccc2)c2ccccc2)ccc1OC(F)F. The summed E-state index contributed by atoms with van der Waals surface area (Å²) in [4.78, 5) is 12.9. The molecule has 0 atom stereocenters. The average Bonchev–Trinajstić information content (AvgIpc) is 2.78. The van der Waals surface area contributed by atoms with Gasteiger partial charge in [0.05, 0.1) is 13.3 Å². The first kappa shape index (κ1) is 20.9. The number of carbonyl (C=O) groups is 1. The number of halogens is 2. The van der Waals surface area contributed by atoms with Gasteiger partial charge in [-0.05, 0) is 23.8 Å². The Morgan fingerprint density at radius 1 is 0.900 bits per heavy atom. The van der Waals surface area contributed by atoms with Gasteiger partial charge in [0.15, 0.2) is 11.5 Å². The number of methoxy groups -OCH3 is 1. The monoisotopic (exact) mass is 408 g/mol. The van der Waals surface area contributed by atoms with Crippen LogP contribution in [0.15, 0.2) is 89.1 Å². The van der Waals surface area contributed by atoms with Crippen molar-refractivity contribution < 1.29 is 23.0 Å². The number of carbonyl (C=O) groups excluding carboxylic acids is 1. The van der Waals surface area contributed by atoms with E-state index in [9.17, 15) is 13.6 Å². The van der Waals surface area contributed by atoms with Crippen molar-refractivity contribution in [3.8, 4) is 11.5 Å². The van der Waals surface area contributed by atoms with Crippen molar-refractivity contribution in [2.24, 2.45) is 10.2 Å². The van der Waals surface area contributed by atoms with Crippen LogP contribution in [0.5, 0.6) is 11.5 Å². The van der Waals surface area contributed by atoms with Gasteiger partial charge in [-0.25, -0.2) is 0 Å². The van der Waals surface area contributed by atoms with E-state index in [-0.39, 0.29) is 23.0 Å². The molecule has 152 valence electrons. The standard InChI is InChI=1S/C23H18F2N2O3/c1-29-20-14-16(12-13-19(20)30-23(24)25)15-26-27-21(17-8-4-2-5-9-17)22(28)18-10-6-3-7-11-18/h2-15,23H,1H3. The Morgan fingerprint density at radius 3 is 2.13 bits per heavy atom. The average molecular weight is 408 g/mol. The van der Waals surface area contributed by atoms with Crippen LogP contribution in [0.25, 0.3) is 0 Å². The molecule has 0 aliphatic heterocycles. The van der Waals surface area contributed by atoms with Crippen LogP contribution in [-0.2, 0) is 0 Å². The van der Waals surface area contributed by atoms with E-state index in [0.717, 1.165) is 0 Å². The number of hydrogen-bond donors (Lipinski definition) is 0. The van der Waals surface area contributed by atoms with Crippen LogP contribution in [0.4, 0.5) is 8.78 Å². The maximum absolute atomic E-state index is 12.9. The zero-order valence-corrected chi connectivity index (χ0v) is 16.0. The van der Waals surface area contributed by atoms with Crippen molar-refractivity contribution >= 4 is 17.7 Å². The Kier molecular flexibility index (Phi) is 7.00. The lowest BCUT2D eigenvalue weighted by atomic mass is 10.0. The van der Waals surface area contributed by atoms with Crippen LogP contribution in [-0.4, -0.2) is 31.4 Å². The third-order valence-electron chi connectivity index (χ3n) is 4.07. The second kappa shape index (κ2) is 10.1. The van der Waals surface area contributed by atoms with E-state index in [1.807, 2.05) is 12.1 Å². The van der Waals surface area contributed by atoms with E-state index in [0.29, 0.717) is 16.7 Å². The summed E-state index contributed by atoms with van der Waals surface area (Å²) in [6, 6.07) is 22.1. The van der Waals surface area contributed by atoms with Gasteiger partial charge in [0, 0.05) is 11.1 Å². The molecule has 5 nitrogen and oxygen atoms in total. The summed E-state index contributed by atoms with van der Waals surface area (Å²) in [7, 11) is 1.35. The molecule has 0 amide bonds. The summed E-state index contributed by atoms with van der Waals surface area (Å²) in [5, 5.41) is 8.16. The summed E-state index contributed by atoms with van der Waals surface area (Å²) >= 11 is 0. The molecule has 0 aromatic heterocycles. The lowest BCUT2D eigenvalue weighted by Crippen LogP contribution is -2.15. The fourth-order valence-corrected chi connectivity index (χ4v) is 2.67. The van der Waals surface area contributed by atoms with Gasteiger partial charge in [-0.15, -0.1) is 5.10 Å². The Labute approximate surface area is 172 Å². The summed E-state index contributed by atoms with van der Waals surface area (Å²) in [5.41, 5.74) is 1.84. The van der Waals surface area contributed by atoms with Gasteiger partial charge < -0.3 is 9.47 Å². The fourth-order valence-electron chi connectivity index (χ4n) is 2.67. The van der Waals surface area contributed by atoms with Crippen molar-refractivity contribution in [1.82, 2.24) is 0 Å². The van der Waals surface area contributed by atoms with Gasteiger partial charge >= 0.3 is 6.61 Å². The molecule has 7 heteroatoms. The third-order valence-corrected chi connectivity index (χ3v) is 4.07. The number of rotatable bonds is 8. The summed E-state index contributed by atoms with van der Waals surface area (Å²) in [6.07, 6.45) is 1.40. The van der Waals surface area contributed by atoms with E-state index in [1.165, 1.54) is 31.5 Å². The molecule has 0 saturated heterocycles. The minimum absolute atomic E-state index is 0.0858. The summed E-state index contributed by atoms with van der Waals surface area (Å²) < 4.78 is 34.4. The first-order valence-corrected chi connectivity index (χ1v) is 8.97. The molecule has 0 N–H and O–H groups in total. The molecule has 3 rings (SSSR count). The number of benzene rings is 3. The van der Waals surface area contributed by atoms with Gasteiger partial charge in [-0.3, -0.25) is 4.79 Å². The number of ketones is 1. The maximum atomic E-state index is 12.9. The molecule has 0 saturated carbocycles. The van der Waals surface area contributed by atoms with Gasteiger partial charge in [-0.1, -0.05) is 60.7 Å². The second-order valence-electron chi connectivity index (χ2n) is 6.04. The third kappa shape index (κ3) is 5.35. The second-order valence-corrected chi connectivity index (χ2v) is 6.04. The van der Waals surface area contributed by atoms with Gasteiger partial charge in [0.2, 0.25) is 5.78 Å². The molecule has 0 fully saturated rings. The van der Waals surface area contributed by atoms with E-state index < -0.39 is 6.61 Å². The number of ether oxygens (including phenoxy) is 2. The lowest BCUT2D eigenvalue weighted by Gasteiger charge is -2.09. The van der Waals surface area contributed by atoms with E-state index in [1.54, 1.807) is 48.5 Å². The lowest BCUT2D eigenvalue weighted by molar-refractivity contribution is -0.0512. The zero-order valence-electron chi connectivity index (χ0n) is 16.0. The Morgan fingerprint density at radius 2 is 1.53 bits per heavy atom. The quantitative estimate of drug-likeness (QED) is 0.299. The first-order chi connectivity index (χ1) is 14.6. The highest BCUT2D eigenvalue weighted by Crippen LogP contribution is 2.29. The zero-order chi connectivity index (χ0) is 21.3. The van der Waals surface area contributed by atoms with E-state index in [2.05, 4.69) is 14.9 Å². The van der Waals surface area contributed by atoms with Crippen LogP contribution in [0, 0.1) is 0 Å². The largest absolute Gasteiger partial charge is 0.493 e. The molecule has 0 aliphatic carbocycles. The minimum Gasteiger partial charge on any atom is -0.493 e. The molecular formula is C23H18F2N2O3. The molecule has 0 bridgehead atoms. The number of nitrogens with zero attached hydrogens (tertiary/aromatic N) is 2. The van der Waals surface area contributed by atoms with Crippen LogP contribution >= 0.6 is 0 Å². The van der Waals surface area contributed by atoms with Crippen molar-refractivity contribution in [3.05, 3.63) is 95.6 Å². The van der Waals surface area contributed by atoms with E-state index >= 15 is 0 Å². The fraction of sp³-hybridized carbons (Fsp3) is 0.0870. The highest BCUT2D eigenvalue weighted by molar-refractivity contribution is 6.51. The maximum Gasteiger partial charge on any atom is 0.387 e. The first-order valence-electron chi connectivity index (χ1n) is 8.97. The van der Waals surface area contributed by atoms with Crippen LogP contribution < -0.4 is 9.47 Å². The highest BCUT2D eigenvalue weighted by atomic mass is 19.3. The van der Waals surface area contributed by atoms with Crippen LogP contribution in [0.1, 0.15) is 21.5 Å².